The van der Waals surface area contributed by atoms with E-state index in [9.17, 15) is 9.18 Å². The Morgan fingerprint density at radius 1 is 1.25 bits per heavy atom. The monoisotopic (exact) mass is 444 g/mol. The van der Waals surface area contributed by atoms with Crippen molar-refractivity contribution in [1.29, 1.82) is 0 Å². The predicted octanol–water partition coefficient (Wildman–Crippen LogP) is 4.73. The first kappa shape index (κ1) is 18.6. The molecule has 0 unspecified atom stereocenters. The molecule has 0 aliphatic carbocycles. The van der Waals surface area contributed by atoms with Crippen LogP contribution >= 0.6 is 15.9 Å². The molecule has 8 heteroatoms. The van der Waals surface area contributed by atoms with E-state index in [0.717, 1.165) is 18.5 Å². The molecule has 1 N–H and O–H groups in total. The zero-order valence-electron chi connectivity index (χ0n) is 14.9. The number of carbonyl (C=O) groups excluding carboxylic acids is 1. The number of halogens is 2. The average Bonchev–Trinajstić information content (AvgIpc) is 3.16. The summed E-state index contributed by atoms with van der Waals surface area (Å²) in [5, 5.41) is 2.92. The molecule has 3 aromatic rings. The summed E-state index contributed by atoms with van der Waals surface area (Å²) < 4.78 is 19.8. The fourth-order valence-electron chi connectivity index (χ4n) is 3.33. The lowest BCUT2D eigenvalue weighted by atomic mass is 9.94. The summed E-state index contributed by atoms with van der Waals surface area (Å²) in [5.41, 5.74) is 1.15. The van der Waals surface area contributed by atoms with Crippen molar-refractivity contribution < 1.29 is 13.6 Å². The number of rotatable bonds is 4. The standard InChI is InChI=1S/C20H18BrFN4O2/c21-18-8-7-17(28-18)19(27)26-11-3-4-13(12-26)15-9-10-23-20(24-15)25-16-6-2-1-5-14(16)22/h1-2,5-10,13H,3-4,11-12H2,(H,23,24,25)/t13-/m1/s1. The highest BCUT2D eigenvalue weighted by Gasteiger charge is 2.28. The van der Waals surface area contributed by atoms with Gasteiger partial charge in [0.25, 0.3) is 5.91 Å². The van der Waals surface area contributed by atoms with Crippen molar-refractivity contribution in [1.82, 2.24) is 14.9 Å². The number of nitrogens with zero attached hydrogens (tertiary/aromatic N) is 3. The van der Waals surface area contributed by atoms with Crippen LogP contribution in [0.3, 0.4) is 0 Å². The molecule has 3 heterocycles. The quantitative estimate of drug-likeness (QED) is 0.629. The number of hydrogen-bond acceptors (Lipinski definition) is 5. The van der Waals surface area contributed by atoms with Gasteiger partial charge in [0.2, 0.25) is 5.95 Å². The molecule has 0 bridgehead atoms. The molecule has 28 heavy (non-hydrogen) atoms. The smallest absolute Gasteiger partial charge is 0.289 e. The number of furan rings is 1. The third-order valence-electron chi connectivity index (χ3n) is 4.71. The van der Waals surface area contributed by atoms with E-state index in [1.165, 1.54) is 6.07 Å². The van der Waals surface area contributed by atoms with Crippen molar-refractivity contribution in [2.24, 2.45) is 0 Å². The fraction of sp³-hybridized carbons (Fsp3) is 0.250. The third-order valence-corrected chi connectivity index (χ3v) is 5.13. The number of amides is 1. The van der Waals surface area contributed by atoms with Crippen molar-refractivity contribution in [3.05, 3.63) is 70.6 Å². The topological polar surface area (TPSA) is 71.3 Å². The lowest BCUT2D eigenvalue weighted by molar-refractivity contribution is 0.0672. The molecule has 6 nitrogen and oxygen atoms in total. The molecule has 144 valence electrons. The van der Waals surface area contributed by atoms with Gasteiger partial charge in [0.15, 0.2) is 10.4 Å². The number of nitrogens with one attached hydrogen (secondary N) is 1. The molecule has 1 fully saturated rings. The first-order chi connectivity index (χ1) is 13.6. The number of hydrogen-bond donors (Lipinski definition) is 1. The first-order valence-electron chi connectivity index (χ1n) is 8.99. The maximum Gasteiger partial charge on any atom is 0.289 e. The van der Waals surface area contributed by atoms with E-state index in [0.29, 0.717) is 35.2 Å². The maximum atomic E-state index is 13.9. The summed E-state index contributed by atoms with van der Waals surface area (Å²) in [6.07, 6.45) is 3.44. The van der Waals surface area contributed by atoms with E-state index in [4.69, 9.17) is 4.42 Å². The van der Waals surface area contributed by atoms with Gasteiger partial charge in [-0.15, -0.1) is 0 Å². The second-order valence-corrected chi connectivity index (χ2v) is 7.39. The molecule has 1 atom stereocenters. The van der Waals surface area contributed by atoms with Crippen LogP contribution in [0, 0.1) is 5.82 Å². The number of likely N-dealkylation sites (tertiary alicyclic amines) is 1. The van der Waals surface area contributed by atoms with Gasteiger partial charge >= 0.3 is 0 Å². The number of aromatic nitrogens is 2. The lowest BCUT2D eigenvalue weighted by Gasteiger charge is -2.32. The fourth-order valence-corrected chi connectivity index (χ4v) is 3.64. The minimum atomic E-state index is -0.365. The van der Waals surface area contributed by atoms with Gasteiger partial charge in [-0.1, -0.05) is 12.1 Å². The molecule has 2 aromatic heterocycles. The van der Waals surface area contributed by atoms with Crippen molar-refractivity contribution in [3.8, 4) is 0 Å². The predicted molar refractivity (Wildman–Crippen MR) is 106 cm³/mol. The molecule has 1 aliphatic heterocycles. The summed E-state index contributed by atoms with van der Waals surface area (Å²) in [5.74, 6) is 0.239. The summed E-state index contributed by atoms with van der Waals surface area (Å²) in [4.78, 5) is 23.2. The van der Waals surface area contributed by atoms with Crippen LogP contribution in [0.15, 0.2) is 57.7 Å². The number of piperidine rings is 1. The van der Waals surface area contributed by atoms with E-state index in [-0.39, 0.29) is 17.6 Å². The van der Waals surface area contributed by atoms with Crippen LogP contribution in [-0.2, 0) is 0 Å². The van der Waals surface area contributed by atoms with Crippen molar-refractivity contribution >= 4 is 33.5 Å². The molecular weight excluding hydrogens is 427 g/mol. The summed E-state index contributed by atoms with van der Waals surface area (Å²) in [6.45, 7) is 1.23. The lowest BCUT2D eigenvalue weighted by Crippen LogP contribution is -2.39. The van der Waals surface area contributed by atoms with E-state index >= 15 is 0 Å². The molecule has 0 radical (unpaired) electrons. The highest BCUT2D eigenvalue weighted by atomic mass is 79.9. The van der Waals surface area contributed by atoms with Gasteiger partial charge in [-0.3, -0.25) is 4.79 Å². The maximum absolute atomic E-state index is 13.9. The van der Waals surface area contributed by atoms with Crippen LogP contribution in [-0.4, -0.2) is 33.9 Å². The average molecular weight is 445 g/mol. The zero-order chi connectivity index (χ0) is 19.5. The zero-order valence-corrected chi connectivity index (χ0v) is 16.5. The van der Waals surface area contributed by atoms with Gasteiger partial charge in [0.1, 0.15) is 5.82 Å². The normalized spacial score (nSPS) is 16.8. The molecule has 0 saturated carbocycles. The number of anilines is 2. The summed E-state index contributed by atoms with van der Waals surface area (Å²) >= 11 is 3.23. The van der Waals surface area contributed by atoms with Crippen molar-refractivity contribution in [2.45, 2.75) is 18.8 Å². The molecule has 1 aliphatic rings. The number of carbonyl (C=O) groups is 1. The van der Waals surface area contributed by atoms with Gasteiger partial charge in [-0.2, -0.15) is 0 Å². The second-order valence-electron chi connectivity index (χ2n) is 6.60. The van der Waals surface area contributed by atoms with E-state index in [1.54, 1.807) is 41.4 Å². The molecule has 1 amide bonds. The third kappa shape index (κ3) is 4.06. The van der Waals surface area contributed by atoms with Crippen LogP contribution in [0.25, 0.3) is 0 Å². The molecular formula is C20H18BrFN4O2. The van der Waals surface area contributed by atoms with Gasteiger partial charge in [0.05, 0.1) is 11.4 Å². The Morgan fingerprint density at radius 2 is 2.11 bits per heavy atom. The highest BCUT2D eigenvalue weighted by Crippen LogP contribution is 2.28. The largest absolute Gasteiger partial charge is 0.444 e. The first-order valence-corrected chi connectivity index (χ1v) is 9.78. The summed E-state index contributed by atoms with van der Waals surface area (Å²) in [6, 6.07) is 11.6. The Labute approximate surface area is 169 Å². The minimum absolute atomic E-state index is 0.0836. The molecule has 4 rings (SSSR count). The van der Waals surface area contributed by atoms with Crippen LogP contribution in [0.4, 0.5) is 16.0 Å². The van der Waals surface area contributed by atoms with Gasteiger partial charge in [0, 0.05) is 25.2 Å². The van der Waals surface area contributed by atoms with E-state index in [1.807, 2.05) is 6.07 Å². The minimum Gasteiger partial charge on any atom is -0.444 e. The molecule has 1 saturated heterocycles. The van der Waals surface area contributed by atoms with Crippen LogP contribution < -0.4 is 5.32 Å². The van der Waals surface area contributed by atoms with E-state index in [2.05, 4.69) is 31.2 Å². The molecule has 0 spiro atoms. The van der Waals surface area contributed by atoms with Gasteiger partial charge < -0.3 is 14.6 Å². The highest BCUT2D eigenvalue weighted by molar-refractivity contribution is 9.10. The Bertz CT molecular complexity index is 994. The van der Waals surface area contributed by atoms with E-state index < -0.39 is 0 Å². The number of benzene rings is 1. The number of para-hydroxylation sites is 1. The van der Waals surface area contributed by atoms with Crippen molar-refractivity contribution in [3.63, 3.8) is 0 Å². The Morgan fingerprint density at radius 3 is 2.89 bits per heavy atom. The van der Waals surface area contributed by atoms with Crippen LogP contribution in [0.5, 0.6) is 0 Å². The molecule has 1 aromatic carbocycles. The Balaban J connectivity index is 1.49. The van der Waals surface area contributed by atoms with Gasteiger partial charge in [-0.05, 0) is 59.1 Å². The van der Waals surface area contributed by atoms with Crippen LogP contribution in [0.1, 0.15) is 35.0 Å². The second kappa shape index (κ2) is 8.10. The summed E-state index contributed by atoms with van der Waals surface area (Å²) in [7, 11) is 0. The SMILES string of the molecule is O=C(c1ccc(Br)o1)N1CCC[C@@H](c2ccnc(Nc3ccccc3F)n2)C1. The van der Waals surface area contributed by atoms with Gasteiger partial charge in [-0.25, -0.2) is 14.4 Å². The Kier molecular flexibility index (Phi) is 5.38. The van der Waals surface area contributed by atoms with Crippen LogP contribution in [0.2, 0.25) is 0 Å². The Hall–Kier alpha value is -2.74. The van der Waals surface area contributed by atoms with Crippen molar-refractivity contribution in [2.75, 3.05) is 18.4 Å².